The number of amides is 1. The lowest BCUT2D eigenvalue weighted by Crippen LogP contribution is -2.55. The van der Waals surface area contributed by atoms with Crippen molar-refractivity contribution < 1.29 is 9.90 Å². The van der Waals surface area contributed by atoms with Crippen molar-refractivity contribution in [2.24, 2.45) is 29.1 Å². The average Bonchev–Trinajstić information content (AvgIpc) is 2.78. The Balaban J connectivity index is 0.000000323. The van der Waals surface area contributed by atoms with Crippen LogP contribution in [-0.2, 0) is 4.79 Å². The third kappa shape index (κ3) is 9.57. The zero-order valence-corrected chi connectivity index (χ0v) is 24.2. The van der Waals surface area contributed by atoms with Crippen molar-refractivity contribution in [1.82, 2.24) is 5.32 Å². The molecule has 3 aliphatic rings. The van der Waals surface area contributed by atoms with Gasteiger partial charge in [-0.1, -0.05) is 66.0 Å². The van der Waals surface area contributed by atoms with Gasteiger partial charge in [0.2, 0.25) is 5.91 Å². The summed E-state index contributed by atoms with van der Waals surface area (Å²) in [5.41, 5.74) is -0.0448. The summed E-state index contributed by atoms with van der Waals surface area (Å²) < 4.78 is 1.04. The van der Waals surface area contributed by atoms with Gasteiger partial charge in [-0.15, -0.1) is 12.6 Å². The maximum atomic E-state index is 12.5. The molecule has 3 aliphatic carbocycles. The molecule has 2 N–H and O–H groups in total. The molecular formula is C28H48BrNO2S. The van der Waals surface area contributed by atoms with Gasteiger partial charge in [0.15, 0.2) is 0 Å². The average molecular weight is 543 g/mol. The summed E-state index contributed by atoms with van der Waals surface area (Å²) in [5, 5.41) is 10.4. The molecule has 5 heteroatoms. The van der Waals surface area contributed by atoms with E-state index < -0.39 is 0 Å². The minimum Gasteiger partial charge on any atom is -0.400 e. The zero-order valence-electron chi connectivity index (χ0n) is 21.7. The van der Waals surface area contributed by atoms with Crippen LogP contribution >= 0.6 is 28.6 Å². The molecule has 4 rings (SSSR count). The highest BCUT2D eigenvalue weighted by molar-refractivity contribution is 9.10. The topological polar surface area (TPSA) is 49.3 Å². The smallest absolute Gasteiger partial charge is 0.226 e. The van der Waals surface area contributed by atoms with Crippen molar-refractivity contribution >= 4 is 34.5 Å². The first kappa shape index (κ1) is 30.5. The van der Waals surface area contributed by atoms with Crippen molar-refractivity contribution in [1.29, 1.82) is 0 Å². The van der Waals surface area contributed by atoms with Gasteiger partial charge in [-0.25, -0.2) is 0 Å². The van der Waals surface area contributed by atoms with Crippen LogP contribution in [0.4, 0.5) is 0 Å². The van der Waals surface area contributed by atoms with Crippen LogP contribution in [0.1, 0.15) is 92.4 Å². The van der Waals surface area contributed by atoms with Crippen LogP contribution in [0.3, 0.4) is 0 Å². The molecule has 1 amide bonds. The summed E-state index contributed by atoms with van der Waals surface area (Å²) >= 11 is 7.47. The second-order valence-corrected chi connectivity index (χ2v) is 11.9. The Hall–Kier alpha value is -0.520. The summed E-state index contributed by atoms with van der Waals surface area (Å²) in [6, 6.07) is 8.26. The molecule has 33 heavy (non-hydrogen) atoms. The molecule has 3 saturated carbocycles. The Kier molecular flexibility index (Phi) is 14.3. The highest BCUT2D eigenvalue weighted by atomic mass is 79.9. The number of nitrogens with one attached hydrogen (secondary N) is 1. The predicted molar refractivity (Wildman–Crippen MR) is 148 cm³/mol. The molecular weight excluding hydrogens is 494 g/mol. The number of halogens is 1. The Morgan fingerprint density at radius 2 is 1.70 bits per heavy atom. The number of carbonyl (C=O) groups is 1. The Morgan fingerprint density at radius 1 is 1.09 bits per heavy atom. The molecule has 3 nitrogen and oxygen atoms in total. The van der Waals surface area contributed by atoms with Gasteiger partial charge in [0.1, 0.15) is 0 Å². The summed E-state index contributed by atoms with van der Waals surface area (Å²) in [4.78, 5) is 13.5. The van der Waals surface area contributed by atoms with E-state index in [0.717, 1.165) is 47.1 Å². The van der Waals surface area contributed by atoms with Gasteiger partial charge in [0, 0.05) is 27.9 Å². The third-order valence-electron chi connectivity index (χ3n) is 7.56. The van der Waals surface area contributed by atoms with Crippen LogP contribution in [0.2, 0.25) is 0 Å². The number of aliphatic hydroxyl groups is 1. The lowest BCUT2D eigenvalue weighted by Gasteiger charge is -2.48. The third-order valence-corrected chi connectivity index (χ3v) is 8.95. The van der Waals surface area contributed by atoms with Gasteiger partial charge in [-0.2, -0.15) is 0 Å². The quantitative estimate of drug-likeness (QED) is 0.340. The van der Waals surface area contributed by atoms with Crippen LogP contribution in [0.25, 0.3) is 0 Å². The number of hydrogen-bond acceptors (Lipinski definition) is 3. The van der Waals surface area contributed by atoms with E-state index in [0.29, 0.717) is 17.9 Å². The molecule has 2 bridgehead atoms. The van der Waals surface area contributed by atoms with E-state index in [1.54, 1.807) is 0 Å². The number of rotatable bonds is 3. The second kappa shape index (κ2) is 15.5. The number of fused-ring (bicyclic) bond motifs is 2. The van der Waals surface area contributed by atoms with Crippen molar-refractivity contribution in [2.45, 2.75) is 103 Å². The van der Waals surface area contributed by atoms with E-state index in [2.05, 4.69) is 68.5 Å². The SMILES string of the molecule is CC1CC2CC(C)C(NC(=O)C3(C)CCC3)C(C1)C2.CCCC.CO.Sc1ccccc1Br. The first-order valence-electron chi connectivity index (χ1n) is 12.9. The molecule has 190 valence electrons. The van der Waals surface area contributed by atoms with Crippen LogP contribution in [-0.4, -0.2) is 24.2 Å². The monoisotopic (exact) mass is 541 g/mol. The fraction of sp³-hybridized carbons (Fsp3) is 0.750. The van der Waals surface area contributed by atoms with E-state index in [4.69, 9.17) is 5.11 Å². The number of benzene rings is 1. The minimum absolute atomic E-state index is 0.0448. The van der Waals surface area contributed by atoms with Gasteiger partial charge in [0.25, 0.3) is 0 Å². The van der Waals surface area contributed by atoms with E-state index >= 15 is 0 Å². The van der Waals surface area contributed by atoms with Crippen LogP contribution < -0.4 is 5.32 Å². The normalized spacial score (nSPS) is 28.8. The van der Waals surface area contributed by atoms with Gasteiger partial charge in [-0.3, -0.25) is 4.79 Å². The summed E-state index contributed by atoms with van der Waals surface area (Å²) in [7, 11) is 1.00. The first-order valence-corrected chi connectivity index (χ1v) is 14.1. The molecule has 0 aliphatic heterocycles. The Labute approximate surface area is 217 Å². The first-order chi connectivity index (χ1) is 15.7. The van der Waals surface area contributed by atoms with Gasteiger partial charge in [-0.05, 0) is 90.3 Å². The molecule has 0 radical (unpaired) electrons. The summed E-state index contributed by atoms with van der Waals surface area (Å²) in [6.07, 6.45) is 11.5. The molecule has 0 aromatic heterocycles. The van der Waals surface area contributed by atoms with Crippen LogP contribution in [0.5, 0.6) is 0 Å². The summed E-state index contributed by atoms with van der Waals surface area (Å²) in [5.74, 6) is 3.53. The number of unbranched alkanes of at least 4 members (excludes halogenated alkanes) is 1. The largest absolute Gasteiger partial charge is 0.400 e. The maximum absolute atomic E-state index is 12.5. The number of thiol groups is 1. The van der Waals surface area contributed by atoms with E-state index in [1.807, 2.05) is 24.3 Å². The highest BCUT2D eigenvalue weighted by Gasteiger charge is 2.44. The van der Waals surface area contributed by atoms with Crippen LogP contribution in [0.15, 0.2) is 33.6 Å². The standard InChI is InChI=1S/C17H29NO.C6H5BrS.C4H10.CH4O/c1-11-7-13-9-12(2)15(14(8-11)10-13)18-16(19)17(3)5-4-6-17;7-5-3-1-2-4-6(5)8;1-3-4-2;1-2/h11-15H,4-10H2,1-3H3,(H,18,19);1-4,8H;3-4H2,1-2H3;2H,1H3. The molecule has 5 unspecified atom stereocenters. The molecule has 1 aromatic rings. The molecule has 0 heterocycles. The molecule has 3 fully saturated rings. The fourth-order valence-electron chi connectivity index (χ4n) is 5.40. The molecule has 1 aromatic carbocycles. The lowest BCUT2D eigenvalue weighted by atomic mass is 9.62. The number of hydrogen-bond donors (Lipinski definition) is 3. The predicted octanol–water partition coefficient (Wildman–Crippen LogP) is 7.91. The van der Waals surface area contributed by atoms with E-state index in [-0.39, 0.29) is 5.41 Å². The van der Waals surface area contributed by atoms with Gasteiger partial charge >= 0.3 is 0 Å². The fourth-order valence-corrected chi connectivity index (χ4v) is 5.84. The Morgan fingerprint density at radius 3 is 2.15 bits per heavy atom. The van der Waals surface area contributed by atoms with Crippen molar-refractivity contribution in [2.75, 3.05) is 7.11 Å². The van der Waals surface area contributed by atoms with Crippen molar-refractivity contribution in [3.63, 3.8) is 0 Å². The zero-order chi connectivity index (χ0) is 25.0. The molecule has 0 spiro atoms. The molecule has 0 saturated heterocycles. The summed E-state index contributed by atoms with van der Waals surface area (Å²) in [6.45, 7) is 11.2. The number of carbonyl (C=O) groups excluding carboxylic acids is 1. The maximum Gasteiger partial charge on any atom is 0.226 e. The van der Waals surface area contributed by atoms with Gasteiger partial charge in [0.05, 0.1) is 0 Å². The van der Waals surface area contributed by atoms with Crippen molar-refractivity contribution in [3.8, 4) is 0 Å². The molecule has 5 atom stereocenters. The van der Waals surface area contributed by atoms with Gasteiger partial charge < -0.3 is 10.4 Å². The van der Waals surface area contributed by atoms with Crippen LogP contribution in [0, 0.1) is 29.1 Å². The van der Waals surface area contributed by atoms with E-state index in [1.165, 1.54) is 44.9 Å². The Bertz CT molecular complexity index is 667. The van der Waals surface area contributed by atoms with E-state index in [9.17, 15) is 4.79 Å². The highest BCUT2D eigenvalue weighted by Crippen LogP contribution is 2.46. The second-order valence-electron chi connectivity index (χ2n) is 10.5. The lowest BCUT2D eigenvalue weighted by molar-refractivity contribution is -0.137. The minimum atomic E-state index is -0.0448. The number of aliphatic hydroxyl groups excluding tert-OH is 1. The van der Waals surface area contributed by atoms with Crippen molar-refractivity contribution in [3.05, 3.63) is 28.7 Å².